The van der Waals surface area contributed by atoms with Gasteiger partial charge in [-0.15, -0.1) is 0 Å². The number of pyridine rings is 1. The fraction of sp³-hybridized carbons (Fsp3) is 0. The van der Waals surface area contributed by atoms with Crippen LogP contribution >= 0.6 is 11.6 Å². The summed E-state index contributed by atoms with van der Waals surface area (Å²) in [6.45, 7) is 0. The van der Waals surface area contributed by atoms with E-state index < -0.39 is 0 Å². The Labute approximate surface area is 103 Å². The Kier molecular flexibility index (Phi) is 2.27. The number of benzene rings is 1. The zero-order valence-corrected chi connectivity index (χ0v) is 9.61. The summed E-state index contributed by atoms with van der Waals surface area (Å²) in [7, 11) is 0. The fourth-order valence-corrected chi connectivity index (χ4v) is 1.86. The van der Waals surface area contributed by atoms with E-state index in [-0.39, 0.29) is 0 Å². The first-order chi connectivity index (χ1) is 8.22. The van der Waals surface area contributed by atoms with Gasteiger partial charge < -0.3 is 10.2 Å². The highest BCUT2D eigenvalue weighted by Crippen LogP contribution is 2.29. The Hall–Kier alpha value is -2.00. The quantitative estimate of drug-likeness (QED) is 0.710. The van der Waals surface area contributed by atoms with Crippen molar-refractivity contribution in [2.75, 3.05) is 5.73 Å². The molecule has 3 aromatic rings. The number of halogens is 1. The van der Waals surface area contributed by atoms with Crippen LogP contribution in [0, 0.1) is 0 Å². The van der Waals surface area contributed by atoms with Gasteiger partial charge in [-0.3, -0.25) is 0 Å². The van der Waals surface area contributed by atoms with Crippen molar-refractivity contribution in [3.05, 3.63) is 47.6 Å². The average Bonchev–Trinajstić information content (AvgIpc) is 2.72. The van der Waals surface area contributed by atoms with Gasteiger partial charge in [-0.2, -0.15) is 0 Å². The summed E-state index contributed by atoms with van der Waals surface area (Å²) in [5, 5.41) is 1.68. The van der Waals surface area contributed by atoms with E-state index in [1.807, 2.05) is 24.3 Å². The third-order valence-electron chi connectivity index (χ3n) is 2.55. The minimum Gasteiger partial charge on any atom is -0.456 e. The first-order valence-electron chi connectivity index (χ1n) is 5.13. The van der Waals surface area contributed by atoms with Crippen molar-refractivity contribution < 1.29 is 4.42 Å². The SMILES string of the molecule is Nc1ccc(-c2cc3ccc(Cl)cc3o2)cn1. The maximum absolute atomic E-state index is 5.91. The van der Waals surface area contributed by atoms with Crippen molar-refractivity contribution in [3.63, 3.8) is 0 Å². The predicted octanol–water partition coefficient (Wildman–Crippen LogP) is 3.73. The van der Waals surface area contributed by atoms with Crippen LogP contribution in [0.25, 0.3) is 22.3 Å². The lowest BCUT2D eigenvalue weighted by molar-refractivity contribution is 0.631. The largest absolute Gasteiger partial charge is 0.456 e. The molecule has 0 bridgehead atoms. The molecule has 3 rings (SSSR count). The predicted molar refractivity (Wildman–Crippen MR) is 68.9 cm³/mol. The van der Waals surface area contributed by atoms with Crippen molar-refractivity contribution in [2.45, 2.75) is 0 Å². The second-order valence-corrected chi connectivity index (χ2v) is 4.20. The topological polar surface area (TPSA) is 52.0 Å². The van der Waals surface area contributed by atoms with Crippen LogP contribution in [0.4, 0.5) is 5.82 Å². The zero-order valence-electron chi connectivity index (χ0n) is 8.85. The molecule has 0 aliphatic rings. The van der Waals surface area contributed by atoms with Crippen LogP contribution < -0.4 is 5.73 Å². The Morgan fingerprint density at radius 3 is 2.76 bits per heavy atom. The van der Waals surface area contributed by atoms with Crippen molar-refractivity contribution in [1.82, 2.24) is 4.98 Å². The molecular formula is C13H9ClN2O. The first kappa shape index (κ1) is 10.2. The van der Waals surface area contributed by atoms with Crippen molar-refractivity contribution in [2.24, 2.45) is 0 Å². The summed E-state index contributed by atoms with van der Waals surface area (Å²) in [5.74, 6) is 1.25. The van der Waals surface area contributed by atoms with Crippen LogP contribution in [-0.2, 0) is 0 Å². The number of hydrogen-bond acceptors (Lipinski definition) is 3. The Balaban J connectivity index is 2.14. The summed E-state index contributed by atoms with van der Waals surface area (Å²) in [4.78, 5) is 4.03. The number of hydrogen-bond donors (Lipinski definition) is 1. The normalized spacial score (nSPS) is 10.9. The second kappa shape index (κ2) is 3.79. The lowest BCUT2D eigenvalue weighted by Crippen LogP contribution is -1.87. The highest BCUT2D eigenvalue weighted by atomic mass is 35.5. The molecule has 2 N–H and O–H groups in total. The number of rotatable bonds is 1. The van der Waals surface area contributed by atoms with E-state index in [4.69, 9.17) is 21.8 Å². The number of nitrogens with two attached hydrogens (primary N) is 1. The number of fused-ring (bicyclic) bond motifs is 1. The molecule has 0 amide bonds. The molecule has 0 aliphatic carbocycles. The Bertz CT molecular complexity index is 673. The van der Waals surface area contributed by atoms with Gasteiger partial charge in [-0.05, 0) is 30.3 Å². The fourth-order valence-electron chi connectivity index (χ4n) is 1.70. The lowest BCUT2D eigenvalue weighted by Gasteiger charge is -1.95. The Morgan fingerprint density at radius 1 is 1.12 bits per heavy atom. The number of nitrogens with zero attached hydrogens (tertiary/aromatic N) is 1. The van der Waals surface area contributed by atoms with E-state index in [2.05, 4.69) is 4.98 Å². The third-order valence-corrected chi connectivity index (χ3v) is 2.79. The van der Waals surface area contributed by atoms with Crippen LogP contribution in [0.1, 0.15) is 0 Å². The molecule has 0 unspecified atom stereocenters. The number of nitrogen functional groups attached to an aromatic ring is 1. The number of aromatic nitrogens is 1. The smallest absolute Gasteiger partial charge is 0.136 e. The van der Waals surface area contributed by atoms with Crippen LogP contribution in [0.2, 0.25) is 5.02 Å². The third kappa shape index (κ3) is 1.85. The molecule has 2 aromatic heterocycles. The van der Waals surface area contributed by atoms with Crippen LogP contribution in [0.15, 0.2) is 47.0 Å². The minimum absolute atomic E-state index is 0.493. The van der Waals surface area contributed by atoms with Gasteiger partial charge in [0.25, 0.3) is 0 Å². The maximum Gasteiger partial charge on any atom is 0.136 e. The number of furan rings is 1. The molecule has 0 aliphatic heterocycles. The monoisotopic (exact) mass is 244 g/mol. The van der Waals surface area contributed by atoms with Crippen LogP contribution in [0.3, 0.4) is 0 Å². The van der Waals surface area contributed by atoms with E-state index >= 15 is 0 Å². The van der Waals surface area contributed by atoms with Gasteiger partial charge >= 0.3 is 0 Å². The van der Waals surface area contributed by atoms with Crippen molar-refractivity contribution >= 4 is 28.4 Å². The van der Waals surface area contributed by atoms with Gasteiger partial charge in [-0.25, -0.2) is 4.98 Å². The first-order valence-corrected chi connectivity index (χ1v) is 5.51. The molecule has 3 nitrogen and oxygen atoms in total. The molecule has 2 heterocycles. The van der Waals surface area contributed by atoms with Gasteiger partial charge in [0.05, 0.1) is 0 Å². The van der Waals surface area contributed by atoms with E-state index in [9.17, 15) is 0 Å². The molecule has 4 heteroatoms. The Morgan fingerprint density at radius 2 is 2.00 bits per heavy atom. The zero-order chi connectivity index (χ0) is 11.8. The molecular weight excluding hydrogens is 236 g/mol. The summed E-state index contributed by atoms with van der Waals surface area (Å²) in [6, 6.07) is 11.1. The van der Waals surface area contributed by atoms with Gasteiger partial charge in [0.2, 0.25) is 0 Å². The summed E-state index contributed by atoms with van der Waals surface area (Å²) >= 11 is 5.91. The maximum atomic E-state index is 5.91. The number of anilines is 1. The van der Waals surface area contributed by atoms with E-state index in [1.165, 1.54) is 0 Å². The molecule has 0 fully saturated rings. The summed E-state index contributed by atoms with van der Waals surface area (Å²) in [6.07, 6.45) is 1.69. The molecule has 0 saturated carbocycles. The highest BCUT2D eigenvalue weighted by molar-refractivity contribution is 6.31. The highest BCUT2D eigenvalue weighted by Gasteiger charge is 2.06. The summed E-state index contributed by atoms with van der Waals surface area (Å²) < 4.78 is 5.71. The van der Waals surface area contributed by atoms with Crippen molar-refractivity contribution in [1.29, 1.82) is 0 Å². The molecule has 0 saturated heterocycles. The molecule has 0 spiro atoms. The lowest BCUT2D eigenvalue weighted by atomic mass is 10.2. The molecule has 1 aromatic carbocycles. The average molecular weight is 245 g/mol. The van der Waals surface area contributed by atoms with E-state index in [0.717, 1.165) is 22.3 Å². The summed E-state index contributed by atoms with van der Waals surface area (Å²) in [5.41, 5.74) is 7.20. The van der Waals surface area contributed by atoms with Gasteiger partial charge in [0, 0.05) is 28.2 Å². The molecule has 17 heavy (non-hydrogen) atoms. The van der Waals surface area contributed by atoms with Crippen molar-refractivity contribution in [3.8, 4) is 11.3 Å². The molecule has 84 valence electrons. The van der Waals surface area contributed by atoms with E-state index in [0.29, 0.717) is 10.8 Å². The minimum atomic E-state index is 0.493. The molecule has 0 radical (unpaired) electrons. The van der Waals surface area contributed by atoms with Gasteiger partial charge in [0.15, 0.2) is 0 Å². The van der Waals surface area contributed by atoms with Gasteiger partial charge in [-0.1, -0.05) is 11.6 Å². The van der Waals surface area contributed by atoms with Crippen LogP contribution in [0.5, 0.6) is 0 Å². The van der Waals surface area contributed by atoms with Crippen LogP contribution in [-0.4, -0.2) is 4.98 Å². The van der Waals surface area contributed by atoms with E-state index in [1.54, 1.807) is 18.3 Å². The molecule has 0 atom stereocenters. The standard InChI is InChI=1S/C13H9ClN2O/c14-10-3-1-8-5-11(17-12(8)6-10)9-2-4-13(15)16-7-9/h1-7H,(H2,15,16). The van der Waals surface area contributed by atoms with Gasteiger partial charge in [0.1, 0.15) is 17.2 Å². The second-order valence-electron chi connectivity index (χ2n) is 3.76.